The van der Waals surface area contributed by atoms with Gasteiger partial charge in [-0.1, -0.05) is 36.4 Å². The van der Waals surface area contributed by atoms with Gasteiger partial charge in [0.2, 0.25) is 5.91 Å². The van der Waals surface area contributed by atoms with Gasteiger partial charge in [0.05, 0.1) is 20.6 Å². The summed E-state index contributed by atoms with van der Waals surface area (Å²) in [4.78, 5) is 38.1. The Morgan fingerprint density at radius 3 is 2.47 bits per heavy atom. The maximum atomic E-state index is 12.5. The Labute approximate surface area is 175 Å². The zero-order chi connectivity index (χ0) is 21.5. The lowest BCUT2D eigenvalue weighted by Crippen LogP contribution is -2.36. The van der Waals surface area contributed by atoms with E-state index in [-0.39, 0.29) is 31.3 Å². The monoisotopic (exact) mass is 411 g/mol. The summed E-state index contributed by atoms with van der Waals surface area (Å²) in [5.41, 5.74) is 1.86. The zero-order valence-corrected chi connectivity index (χ0v) is 17.0. The summed E-state index contributed by atoms with van der Waals surface area (Å²) in [5, 5.41) is 5.36. The van der Waals surface area contributed by atoms with E-state index in [0.29, 0.717) is 17.9 Å². The molecule has 3 rings (SSSR count). The van der Waals surface area contributed by atoms with Crippen molar-refractivity contribution < 1.29 is 23.9 Å². The fourth-order valence-electron chi connectivity index (χ4n) is 3.26. The van der Waals surface area contributed by atoms with Gasteiger partial charge >= 0.3 is 6.03 Å². The molecule has 158 valence electrons. The average molecular weight is 411 g/mol. The molecule has 2 N–H and O–H groups in total. The molecule has 1 heterocycles. The molecule has 0 bridgehead atoms. The molecule has 0 unspecified atom stereocenters. The summed E-state index contributed by atoms with van der Waals surface area (Å²) in [6.07, 6.45) is 0.456. The number of nitrogens with one attached hydrogen (secondary N) is 2. The number of hydrogen-bond acceptors (Lipinski definition) is 5. The molecule has 8 nitrogen and oxygen atoms in total. The summed E-state index contributed by atoms with van der Waals surface area (Å²) in [5.74, 6) is 0.463. The van der Waals surface area contributed by atoms with E-state index in [4.69, 9.17) is 9.47 Å². The normalized spacial score (nSPS) is 15.7. The molecule has 2 aromatic carbocycles. The Bertz CT molecular complexity index is 916. The number of imide groups is 1. The van der Waals surface area contributed by atoms with E-state index in [1.165, 1.54) is 12.0 Å². The van der Waals surface area contributed by atoms with Crippen LogP contribution in [0.5, 0.6) is 11.5 Å². The van der Waals surface area contributed by atoms with Crippen molar-refractivity contribution in [1.29, 1.82) is 0 Å². The van der Waals surface area contributed by atoms with Crippen molar-refractivity contribution >= 4 is 17.8 Å². The Balaban J connectivity index is 1.50. The fraction of sp³-hybridized carbons (Fsp3) is 0.318. The number of methoxy groups -OCH3 is 2. The number of rotatable bonds is 9. The highest BCUT2D eigenvalue weighted by molar-refractivity contribution is 6.05. The Kier molecular flexibility index (Phi) is 6.90. The summed E-state index contributed by atoms with van der Waals surface area (Å²) in [6.45, 7) is 0.546. The number of urea groups is 1. The van der Waals surface area contributed by atoms with Crippen molar-refractivity contribution in [3.8, 4) is 11.5 Å². The fourth-order valence-corrected chi connectivity index (χ4v) is 3.26. The SMILES string of the molecule is COc1ccc(CNC(=O)C[C@@H]2NC(=O)N(CCc3ccccc3)C2=O)cc1OC. The summed E-state index contributed by atoms with van der Waals surface area (Å²) < 4.78 is 10.4. The molecule has 1 saturated heterocycles. The van der Waals surface area contributed by atoms with Crippen LogP contribution in [0.2, 0.25) is 0 Å². The lowest BCUT2D eigenvalue weighted by atomic mass is 10.1. The third kappa shape index (κ3) is 5.08. The molecule has 0 aliphatic carbocycles. The van der Waals surface area contributed by atoms with Gasteiger partial charge in [0.25, 0.3) is 5.91 Å². The number of benzene rings is 2. The minimum absolute atomic E-state index is 0.111. The second-order valence-electron chi connectivity index (χ2n) is 6.90. The van der Waals surface area contributed by atoms with Crippen molar-refractivity contribution in [3.05, 3.63) is 59.7 Å². The third-order valence-corrected chi connectivity index (χ3v) is 4.90. The molecule has 0 spiro atoms. The lowest BCUT2D eigenvalue weighted by molar-refractivity contribution is -0.130. The largest absolute Gasteiger partial charge is 0.493 e. The van der Waals surface area contributed by atoms with Gasteiger partial charge in [-0.25, -0.2) is 4.79 Å². The van der Waals surface area contributed by atoms with Gasteiger partial charge in [0.15, 0.2) is 11.5 Å². The number of carbonyl (C=O) groups excluding carboxylic acids is 3. The van der Waals surface area contributed by atoms with Crippen LogP contribution in [0.1, 0.15) is 17.5 Å². The van der Waals surface area contributed by atoms with Crippen LogP contribution in [0.25, 0.3) is 0 Å². The topological polar surface area (TPSA) is 97.0 Å². The number of carbonyl (C=O) groups is 3. The van der Waals surface area contributed by atoms with E-state index in [1.807, 2.05) is 36.4 Å². The molecule has 1 aliphatic rings. The van der Waals surface area contributed by atoms with Gasteiger partial charge in [0, 0.05) is 13.1 Å². The van der Waals surface area contributed by atoms with E-state index in [0.717, 1.165) is 11.1 Å². The van der Waals surface area contributed by atoms with Crippen LogP contribution in [-0.4, -0.2) is 49.6 Å². The van der Waals surface area contributed by atoms with E-state index in [1.54, 1.807) is 19.2 Å². The van der Waals surface area contributed by atoms with Gasteiger partial charge in [0.1, 0.15) is 6.04 Å². The van der Waals surface area contributed by atoms with Crippen LogP contribution < -0.4 is 20.1 Å². The highest BCUT2D eigenvalue weighted by atomic mass is 16.5. The van der Waals surface area contributed by atoms with Crippen LogP contribution in [0.15, 0.2) is 48.5 Å². The van der Waals surface area contributed by atoms with E-state index < -0.39 is 12.1 Å². The number of nitrogens with zero attached hydrogens (tertiary/aromatic N) is 1. The van der Waals surface area contributed by atoms with Crippen molar-refractivity contribution in [2.45, 2.75) is 25.4 Å². The summed E-state index contributed by atoms with van der Waals surface area (Å²) in [7, 11) is 3.09. The van der Waals surface area contributed by atoms with Crippen LogP contribution in [0.4, 0.5) is 4.79 Å². The van der Waals surface area contributed by atoms with Crippen LogP contribution in [0, 0.1) is 0 Å². The van der Waals surface area contributed by atoms with E-state index >= 15 is 0 Å². The summed E-state index contributed by atoms with van der Waals surface area (Å²) >= 11 is 0. The molecule has 8 heteroatoms. The predicted molar refractivity (Wildman–Crippen MR) is 110 cm³/mol. The standard InChI is InChI=1S/C22H25N3O5/c1-29-18-9-8-16(12-19(18)30-2)14-23-20(26)13-17-21(27)25(22(28)24-17)11-10-15-6-4-3-5-7-15/h3-9,12,17H,10-11,13-14H2,1-2H3,(H,23,26)(H,24,28)/t17-/m0/s1. The second kappa shape index (κ2) is 9.78. The van der Waals surface area contributed by atoms with Gasteiger partial charge in [-0.05, 0) is 29.7 Å². The first-order valence-electron chi connectivity index (χ1n) is 9.65. The minimum atomic E-state index is -0.848. The highest BCUT2D eigenvalue weighted by Gasteiger charge is 2.38. The lowest BCUT2D eigenvalue weighted by Gasteiger charge is -2.13. The molecule has 2 aromatic rings. The van der Waals surface area contributed by atoms with Gasteiger partial charge in [-0.2, -0.15) is 0 Å². The molecular formula is C22H25N3O5. The smallest absolute Gasteiger partial charge is 0.324 e. The Hall–Kier alpha value is -3.55. The second-order valence-corrected chi connectivity index (χ2v) is 6.90. The molecule has 1 fully saturated rings. The van der Waals surface area contributed by atoms with Gasteiger partial charge in [-0.15, -0.1) is 0 Å². The van der Waals surface area contributed by atoms with Crippen LogP contribution >= 0.6 is 0 Å². The van der Waals surface area contributed by atoms with Gasteiger partial charge in [-0.3, -0.25) is 14.5 Å². The van der Waals surface area contributed by atoms with Crippen LogP contribution in [-0.2, 0) is 22.6 Å². The van der Waals surface area contributed by atoms with Crippen molar-refractivity contribution in [2.75, 3.05) is 20.8 Å². The minimum Gasteiger partial charge on any atom is -0.493 e. The molecule has 0 radical (unpaired) electrons. The maximum absolute atomic E-state index is 12.5. The third-order valence-electron chi connectivity index (χ3n) is 4.90. The number of ether oxygens (including phenoxy) is 2. The first-order chi connectivity index (χ1) is 14.5. The Morgan fingerprint density at radius 1 is 1.03 bits per heavy atom. The molecule has 0 aromatic heterocycles. The average Bonchev–Trinajstić information content (AvgIpc) is 3.03. The molecule has 1 atom stereocenters. The molecule has 4 amide bonds. The van der Waals surface area contributed by atoms with Gasteiger partial charge < -0.3 is 20.1 Å². The number of hydrogen-bond donors (Lipinski definition) is 2. The van der Waals surface area contributed by atoms with Crippen LogP contribution in [0.3, 0.4) is 0 Å². The first-order valence-corrected chi connectivity index (χ1v) is 9.65. The summed E-state index contributed by atoms with van der Waals surface area (Å²) in [6, 6.07) is 13.6. The Morgan fingerprint density at radius 2 is 1.77 bits per heavy atom. The first kappa shape index (κ1) is 21.2. The molecule has 1 aliphatic heterocycles. The molecular weight excluding hydrogens is 386 g/mol. The van der Waals surface area contributed by atoms with E-state index in [2.05, 4.69) is 10.6 Å². The van der Waals surface area contributed by atoms with Crippen molar-refractivity contribution in [2.24, 2.45) is 0 Å². The predicted octanol–water partition coefficient (Wildman–Crippen LogP) is 1.87. The zero-order valence-electron chi connectivity index (χ0n) is 17.0. The quantitative estimate of drug-likeness (QED) is 0.614. The maximum Gasteiger partial charge on any atom is 0.324 e. The number of amides is 4. The molecule has 0 saturated carbocycles. The van der Waals surface area contributed by atoms with Crippen molar-refractivity contribution in [3.63, 3.8) is 0 Å². The van der Waals surface area contributed by atoms with E-state index in [9.17, 15) is 14.4 Å². The molecule has 30 heavy (non-hydrogen) atoms. The van der Waals surface area contributed by atoms with Crippen molar-refractivity contribution in [1.82, 2.24) is 15.5 Å². The highest BCUT2D eigenvalue weighted by Crippen LogP contribution is 2.27.